The number of thiazole rings is 2. The van der Waals surface area contributed by atoms with Gasteiger partial charge >= 0.3 is 42.6 Å². The number of aromatic nitrogens is 2. The SMILES string of the molecule is CC(C)(C)OC(=O)Nc1nc(C(F)(F)F)c(C(=O)O)s1.COC(=O)[C@H](CNC(=O)OC(C)(C)C)NC(=O)c1sc(NC(=O)OC(C)(C)C)nc1C(F)(F)F. The van der Waals surface area contributed by atoms with E-state index in [0.29, 0.717) is 0 Å². The minimum atomic E-state index is -5.05. The van der Waals surface area contributed by atoms with Gasteiger partial charge in [0.1, 0.15) is 32.6 Å². The predicted molar refractivity (Wildman–Crippen MR) is 178 cm³/mol. The molecular formula is C29H38F6N6O11S2. The number of carbonyl (C=O) groups excluding carboxylic acids is 5. The van der Waals surface area contributed by atoms with Gasteiger partial charge in [-0.25, -0.2) is 33.9 Å². The second-order valence-electron chi connectivity index (χ2n) is 13.4. The first-order valence-electron chi connectivity index (χ1n) is 15.0. The van der Waals surface area contributed by atoms with Crippen molar-refractivity contribution >= 4 is 69.1 Å². The molecule has 304 valence electrons. The Morgan fingerprint density at radius 2 is 1.04 bits per heavy atom. The summed E-state index contributed by atoms with van der Waals surface area (Å²) in [4.78, 5) is 74.8. The molecule has 2 aromatic rings. The molecule has 0 unspecified atom stereocenters. The van der Waals surface area contributed by atoms with Crippen LogP contribution in [0.4, 0.5) is 51.0 Å². The number of hydrogen-bond donors (Lipinski definition) is 5. The Morgan fingerprint density at radius 1 is 0.667 bits per heavy atom. The fourth-order valence-electron chi connectivity index (χ4n) is 3.27. The van der Waals surface area contributed by atoms with Crippen molar-refractivity contribution in [3.8, 4) is 0 Å². The molecule has 0 bridgehead atoms. The molecule has 0 aliphatic heterocycles. The number of hydrogen-bond acceptors (Lipinski definition) is 14. The number of carboxylic acids is 1. The zero-order valence-corrected chi connectivity index (χ0v) is 31.9. The molecule has 0 saturated heterocycles. The molecule has 2 heterocycles. The minimum absolute atomic E-state index is 0.206. The van der Waals surface area contributed by atoms with Gasteiger partial charge < -0.3 is 34.7 Å². The number of aromatic carboxylic acids is 1. The van der Waals surface area contributed by atoms with E-state index in [1.54, 1.807) is 62.3 Å². The first-order valence-corrected chi connectivity index (χ1v) is 16.6. The van der Waals surface area contributed by atoms with Crippen molar-refractivity contribution < 1.29 is 79.2 Å². The lowest BCUT2D eigenvalue weighted by molar-refractivity contribution is -0.143. The molecule has 0 spiro atoms. The van der Waals surface area contributed by atoms with Crippen LogP contribution in [-0.4, -0.2) is 87.7 Å². The lowest BCUT2D eigenvalue weighted by atomic mass is 10.2. The van der Waals surface area contributed by atoms with Crippen LogP contribution in [0.5, 0.6) is 0 Å². The fraction of sp³-hybridized carbons (Fsp3) is 0.586. The number of esters is 1. The van der Waals surface area contributed by atoms with Gasteiger partial charge in [-0.1, -0.05) is 22.7 Å². The van der Waals surface area contributed by atoms with E-state index < -0.39 is 109 Å². The summed E-state index contributed by atoms with van der Waals surface area (Å²) < 4.78 is 97.4. The number of carbonyl (C=O) groups is 6. The number of alkyl halides is 6. The summed E-state index contributed by atoms with van der Waals surface area (Å²) in [7, 11) is 0.992. The lowest BCUT2D eigenvalue weighted by Gasteiger charge is -2.21. The van der Waals surface area contributed by atoms with Crippen LogP contribution in [0.15, 0.2) is 0 Å². The number of methoxy groups -OCH3 is 1. The van der Waals surface area contributed by atoms with Crippen LogP contribution in [0.2, 0.25) is 0 Å². The summed E-state index contributed by atoms with van der Waals surface area (Å²) in [6, 6.07) is -1.55. The molecular weight excluding hydrogens is 786 g/mol. The number of nitrogens with zero attached hydrogens (tertiary/aromatic N) is 2. The van der Waals surface area contributed by atoms with Crippen LogP contribution in [-0.2, 0) is 36.1 Å². The summed E-state index contributed by atoms with van der Waals surface area (Å²) in [5.74, 6) is -4.13. The third-order valence-corrected chi connectivity index (χ3v) is 6.98. The lowest BCUT2D eigenvalue weighted by Crippen LogP contribution is -2.49. The molecule has 17 nitrogen and oxygen atoms in total. The molecule has 5 N–H and O–H groups in total. The summed E-state index contributed by atoms with van der Waals surface area (Å²) in [6.07, 6.45) is -13.0. The summed E-state index contributed by atoms with van der Waals surface area (Å²) in [6.45, 7) is 13.6. The maximum Gasteiger partial charge on any atom is 0.435 e. The van der Waals surface area contributed by atoms with Crippen LogP contribution in [0.1, 0.15) is 93.0 Å². The Bertz CT molecular complexity index is 1690. The molecule has 0 radical (unpaired) electrons. The van der Waals surface area contributed by atoms with Gasteiger partial charge in [0.05, 0.1) is 13.7 Å². The van der Waals surface area contributed by atoms with Crippen molar-refractivity contribution in [1.82, 2.24) is 20.6 Å². The van der Waals surface area contributed by atoms with E-state index in [-0.39, 0.29) is 22.7 Å². The van der Waals surface area contributed by atoms with E-state index in [1.165, 1.54) is 0 Å². The Morgan fingerprint density at radius 3 is 1.37 bits per heavy atom. The smallest absolute Gasteiger partial charge is 0.435 e. The van der Waals surface area contributed by atoms with Crippen molar-refractivity contribution in [3.05, 3.63) is 21.1 Å². The highest BCUT2D eigenvalue weighted by molar-refractivity contribution is 7.18. The second kappa shape index (κ2) is 17.9. The Kier molecular flexibility index (Phi) is 15.6. The number of alkyl carbamates (subject to hydrolysis) is 1. The molecule has 0 aromatic carbocycles. The highest BCUT2D eigenvalue weighted by Crippen LogP contribution is 2.37. The van der Waals surface area contributed by atoms with Crippen molar-refractivity contribution in [2.24, 2.45) is 0 Å². The summed E-state index contributed by atoms with van der Waals surface area (Å²) in [5.41, 5.74) is -5.76. The van der Waals surface area contributed by atoms with E-state index in [4.69, 9.17) is 19.3 Å². The maximum atomic E-state index is 13.5. The summed E-state index contributed by atoms with van der Waals surface area (Å²) >= 11 is 0.429. The molecule has 0 aliphatic rings. The van der Waals surface area contributed by atoms with Gasteiger partial charge in [-0.2, -0.15) is 26.3 Å². The van der Waals surface area contributed by atoms with Gasteiger partial charge in [0.15, 0.2) is 21.7 Å². The Hall–Kier alpha value is -4.94. The molecule has 54 heavy (non-hydrogen) atoms. The Balaban J connectivity index is 0.000000618. The highest BCUT2D eigenvalue weighted by Gasteiger charge is 2.42. The largest absolute Gasteiger partial charge is 0.477 e. The third kappa shape index (κ3) is 16.8. The number of halogens is 6. The topological polar surface area (TPSA) is 233 Å². The molecule has 2 aromatic heterocycles. The van der Waals surface area contributed by atoms with Gasteiger partial charge in [-0.05, 0) is 62.3 Å². The monoisotopic (exact) mass is 824 g/mol. The summed E-state index contributed by atoms with van der Waals surface area (Å²) in [5, 5.41) is 15.9. The Labute approximate surface area is 311 Å². The molecule has 2 rings (SSSR count). The van der Waals surface area contributed by atoms with Gasteiger partial charge in [0, 0.05) is 0 Å². The van der Waals surface area contributed by atoms with Crippen molar-refractivity contribution in [1.29, 1.82) is 0 Å². The minimum Gasteiger partial charge on any atom is -0.477 e. The number of carboxylic acid groups (broad SMARTS) is 1. The number of nitrogens with one attached hydrogen (secondary N) is 4. The molecule has 1 atom stereocenters. The maximum absolute atomic E-state index is 13.5. The van der Waals surface area contributed by atoms with Crippen LogP contribution < -0.4 is 21.3 Å². The first kappa shape index (κ1) is 47.1. The van der Waals surface area contributed by atoms with Crippen LogP contribution >= 0.6 is 22.7 Å². The fourth-order valence-corrected chi connectivity index (χ4v) is 4.96. The van der Waals surface area contributed by atoms with E-state index in [1.807, 2.05) is 10.6 Å². The van der Waals surface area contributed by atoms with E-state index in [0.717, 1.165) is 7.11 Å². The average molecular weight is 825 g/mol. The molecule has 25 heteroatoms. The predicted octanol–water partition coefficient (Wildman–Crippen LogP) is 6.51. The van der Waals surface area contributed by atoms with Crippen molar-refractivity contribution in [3.63, 3.8) is 0 Å². The number of rotatable bonds is 8. The standard InChI is InChI=1S/C19H27F3N4O7S.C10H11F3N2O4S/c1-17(2,3)32-15(29)23-8-9(13(28)31-7)24-12(27)10-11(19(20,21)22)25-14(34-10)26-16(30)33-18(4,5)6;1-9(2,3)19-8(18)15-7-14-5(10(11,12)13)4(20-7)6(16)17/h9H,8H2,1-7H3,(H,23,29)(H,24,27)(H,25,26,30);1-3H3,(H,16,17)(H,14,15,18)/t9-;/m0./s1. The van der Waals surface area contributed by atoms with Crippen LogP contribution in [0, 0.1) is 0 Å². The molecule has 0 saturated carbocycles. The second-order valence-corrected chi connectivity index (χ2v) is 15.4. The first-order chi connectivity index (χ1) is 24.2. The number of anilines is 2. The highest BCUT2D eigenvalue weighted by atomic mass is 32.1. The van der Waals surface area contributed by atoms with E-state index in [2.05, 4.69) is 25.3 Å². The molecule has 0 aliphatic carbocycles. The van der Waals surface area contributed by atoms with Crippen LogP contribution in [0.3, 0.4) is 0 Å². The van der Waals surface area contributed by atoms with Gasteiger partial charge in [-0.3, -0.25) is 15.4 Å². The normalized spacial score (nSPS) is 12.6. The molecule has 0 fully saturated rings. The van der Waals surface area contributed by atoms with Gasteiger partial charge in [0.25, 0.3) is 5.91 Å². The zero-order chi connectivity index (χ0) is 42.2. The average Bonchev–Trinajstić information content (AvgIpc) is 3.57. The number of amides is 4. The van der Waals surface area contributed by atoms with E-state index in [9.17, 15) is 55.1 Å². The van der Waals surface area contributed by atoms with Crippen LogP contribution in [0.25, 0.3) is 0 Å². The van der Waals surface area contributed by atoms with E-state index >= 15 is 0 Å². The molecule has 4 amide bonds. The number of ether oxygens (including phenoxy) is 4. The zero-order valence-electron chi connectivity index (χ0n) is 30.3. The van der Waals surface area contributed by atoms with Gasteiger partial charge in [0.2, 0.25) is 0 Å². The van der Waals surface area contributed by atoms with Crippen molar-refractivity contribution in [2.45, 2.75) is 97.5 Å². The third-order valence-electron chi connectivity index (χ3n) is 5.05. The van der Waals surface area contributed by atoms with Gasteiger partial charge in [-0.15, -0.1) is 0 Å². The van der Waals surface area contributed by atoms with Crippen molar-refractivity contribution in [2.75, 3.05) is 24.3 Å². The quantitative estimate of drug-likeness (QED) is 0.109.